The molecule has 0 radical (unpaired) electrons. The predicted molar refractivity (Wildman–Crippen MR) is 134 cm³/mol. The number of nitrogens with two attached hydrogens (primary N) is 1. The Labute approximate surface area is 217 Å². The highest BCUT2D eigenvalue weighted by Gasteiger charge is 2.23. The summed E-state index contributed by atoms with van der Waals surface area (Å²) in [7, 11) is -3.84. The number of hydrogen-bond acceptors (Lipinski definition) is 10. The highest BCUT2D eigenvalue weighted by atomic mass is 79.9. The SMILES string of the molecule is Cc1ccc(S(=O)(=O)NC(N)=NCCCNc2nonc2-c2noc(=O)n2-c2ccc(F)c(Br)c2)cc1. The number of benzene rings is 2. The van der Waals surface area contributed by atoms with E-state index in [1.54, 1.807) is 12.1 Å². The lowest BCUT2D eigenvalue weighted by Gasteiger charge is -2.08. The standard InChI is InChI=1S/C21H20BrFN8O5S/c1-12-3-6-14(7-4-12)37(33,34)30-20(24)26-10-2-9-25-18-17(27-36-28-18)19-29-35-21(32)31(19)13-5-8-16(23)15(22)11-13/h3-8,11H,2,9-10H2,1H3,(H,25,28)(H3,24,26,30). The average molecular weight is 595 g/mol. The first-order valence-corrected chi connectivity index (χ1v) is 12.9. The number of aryl methyl sites for hydroxylation is 1. The molecule has 16 heteroatoms. The van der Waals surface area contributed by atoms with Gasteiger partial charge in [-0.2, -0.15) is 0 Å². The lowest BCUT2D eigenvalue weighted by atomic mass is 10.2. The molecular weight excluding hydrogens is 575 g/mol. The lowest BCUT2D eigenvalue weighted by molar-refractivity contribution is 0.309. The number of aromatic nitrogens is 4. The molecule has 2 aromatic heterocycles. The molecule has 0 aliphatic heterocycles. The smallest absolute Gasteiger partial charge is 0.369 e. The Morgan fingerprint density at radius 1 is 1.19 bits per heavy atom. The normalized spacial score (nSPS) is 12.0. The molecule has 0 aliphatic carbocycles. The van der Waals surface area contributed by atoms with E-state index in [9.17, 15) is 17.6 Å². The number of halogens is 2. The lowest BCUT2D eigenvalue weighted by Crippen LogP contribution is -2.37. The second kappa shape index (κ2) is 10.9. The highest BCUT2D eigenvalue weighted by Crippen LogP contribution is 2.26. The Bertz CT molecular complexity index is 1600. The van der Waals surface area contributed by atoms with Gasteiger partial charge in [-0.05, 0) is 69.9 Å². The van der Waals surface area contributed by atoms with Crippen LogP contribution < -0.4 is 21.5 Å². The van der Waals surface area contributed by atoms with Gasteiger partial charge in [0.15, 0.2) is 5.69 Å². The van der Waals surface area contributed by atoms with Gasteiger partial charge in [0.1, 0.15) is 5.82 Å². The quantitative estimate of drug-likeness (QED) is 0.147. The number of guanidine groups is 1. The van der Waals surface area contributed by atoms with Crippen LogP contribution >= 0.6 is 15.9 Å². The van der Waals surface area contributed by atoms with Crippen LogP contribution in [0, 0.1) is 12.7 Å². The number of rotatable bonds is 9. The summed E-state index contributed by atoms with van der Waals surface area (Å²) in [4.78, 5) is 16.4. The van der Waals surface area contributed by atoms with Crippen LogP contribution in [0.25, 0.3) is 17.2 Å². The third-order valence-electron chi connectivity index (χ3n) is 4.95. The first-order chi connectivity index (χ1) is 17.7. The molecule has 2 aromatic carbocycles. The summed E-state index contributed by atoms with van der Waals surface area (Å²) in [5.74, 6) is -1.42. The first-order valence-electron chi connectivity index (χ1n) is 10.7. The second-order valence-electron chi connectivity index (χ2n) is 7.63. The number of aliphatic imine (C=N–C) groups is 1. The molecule has 0 fully saturated rings. The minimum atomic E-state index is -3.84. The van der Waals surface area contributed by atoms with Crippen molar-refractivity contribution < 1.29 is 22.0 Å². The van der Waals surface area contributed by atoms with E-state index in [1.165, 1.54) is 30.3 Å². The fourth-order valence-electron chi connectivity index (χ4n) is 3.13. The van der Waals surface area contributed by atoms with Crippen molar-refractivity contribution in [3.05, 3.63) is 68.9 Å². The van der Waals surface area contributed by atoms with Crippen molar-refractivity contribution in [2.75, 3.05) is 18.4 Å². The Hall–Kier alpha value is -4.05. The zero-order chi connectivity index (χ0) is 26.6. The summed E-state index contributed by atoms with van der Waals surface area (Å²) in [6, 6.07) is 10.2. The van der Waals surface area contributed by atoms with Gasteiger partial charge >= 0.3 is 5.76 Å². The molecule has 0 aliphatic rings. The topological polar surface area (TPSA) is 184 Å². The van der Waals surface area contributed by atoms with Crippen LogP contribution in [0.3, 0.4) is 0 Å². The second-order valence-corrected chi connectivity index (χ2v) is 10.2. The number of nitrogens with zero attached hydrogens (tertiary/aromatic N) is 5. The van der Waals surface area contributed by atoms with Crippen LogP contribution in [-0.2, 0) is 10.0 Å². The number of nitrogens with one attached hydrogen (secondary N) is 2. The Morgan fingerprint density at radius 2 is 1.95 bits per heavy atom. The molecular formula is C21H20BrFN8O5S. The van der Waals surface area contributed by atoms with E-state index in [0.717, 1.165) is 10.1 Å². The van der Waals surface area contributed by atoms with E-state index < -0.39 is 21.6 Å². The maximum atomic E-state index is 13.6. The van der Waals surface area contributed by atoms with Crippen molar-refractivity contribution in [2.45, 2.75) is 18.2 Å². The van der Waals surface area contributed by atoms with Crippen molar-refractivity contribution in [1.29, 1.82) is 0 Å². The molecule has 0 atom stereocenters. The molecule has 13 nitrogen and oxygen atoms in total. The average Bonchev–Trinajstić information content (AvgIpc) is 3.46. The van der Waals surface area contributed by atoms with Gasteiger partial charge in [0.05, 0.1) is 15.1 Å². The minimum Gasteiger partial charge on any atom is -0.369 e. The van der Waals surface area contributed by atoms with Crippen LogP contribution in [0.4, 0.5) is 10.2 Å². The number of sulfonamides is 1. The monoisotopic (exact) mass is 594 g/mol. The van der Waals surface area contributed by atoms with E-state index in [0.29, 0.717) is 13.0 Å². The van der Waals surface area contributed by atoms with E-state index in [2.05, 4.69) is 46.4 Å². The molecule has 2 heterocycles. The Kier molecular flexibility index (Phi) is 7.68. The summed E-state index contributed by atoms with van der Waals surface area (Å²) in [5.41, 5.74) is 7.01. The summed E-state index contributed by atoms with van der Waals surface area (Å²) in [6.07, 6.45) is 0.426. The van der Waals surface area contributed by atoms with Gasteiger partial charge in [0, 0.05) is 13.1 Å². The van der Waals surface area contributed by atoms with E-state index in [-0.39, 0.29) is 44.9 Å². The maximum Gasteiger partial charge on any atom is 0.446 e. The van der Waals surface area contributed by atoms with Crippen molar-refractivity contribution in [3.8, 4) is 17.2 Å². The molecule has 4 aromatic rings. The zero-order valence-electron chi connectivity index (χ0n) is 19.2. The molecule has 0 saturated carbocycles. The minimum absolute atomic E-state index is 0.0139. The van der Waals surface area contributed by atoms with Crippen molar-refractivity contribution in [1.82, 2.24) is 24.8 Å². The first kappa shape index (κ1) is 26.0. The summed E-state index contributed by atoms with van der Waals surface area (Å²) >= 11 is 3.08. The molecule has 0 spiro atoms. The maximum absolute atomic E-state index is 13.6. The number of hydrogen-bond donors (Lipinski definition) is 3. The zero-order valence-corrected chi connectivity index (χ0v) is 21.6. The predicted octanol–water partition coefficient (Wildman–Crippen LogP) is 2.18. The number of anilines is 1. The molecule has 0 bridgehead atoms. The molecule has 37 heavy (non-hydrogen) atoms. The van der Waals surface area contributed by atoms with E-state index in [4.69, 9.17) is 14.9 Å². The third kappa shape index (κ3) is 6.03. The summed E-state index contributed by atoms with van der Waals surface area (Å²) < 4.78 is 51.4. The Morgan fingerprint density at radius 3 is 2.68 bits per heavy atom. The fraction of sp³-hybridized carbons (Fsp3) is 0.190. The van der Waals surface area contributed by atoms with Gasteiger partial charge in [-0.25, -0.2) is 31.5 Å². The Balaban J connectivity index is 1.38. The molecule has 0 saturated heterocycles. The molecule has 4 N–H and O–H groups in total. The van der Waals surface area contributed by atoms with Gasteiger partial charge in [-0.1, -0.05) is 22.9 Å². The van der Waals surface area contributed by atoms with Crippen LogP contribution in [0.2, 0.25) is 0 Å². The van der Waals surface area contributed by atoms with Gasteiger partial charge in [0.2, 0.25) is 17.6 Å². The van der Waals surface area contributed by atoms with Crippen LogP contribution in [0.15, 0.2) is 70.8 Å². The molecule has 0 unspecified atom stereocenters. The summed E-state index contributed by atoms with van der Waals surface area (Å²) in [6.45, 7) is 2.35. The third-order valence-corrected chi connectivity index (χ3v) is 6.92. The molecule has 4 rings (SSSR count). The van der Waals surface area contributed by atoms with E-state index in [1.807, 2.05) is 6.92 Å². The van der Waals surface area contributed by atoms with E-state index >= 15 is 0 Å². The molecule has 0 amide bonds. The van der Waals surface area contributed by atoms with Crippen LogP contribution in [0.5, 0.6) is 0 Å². The van der Waals surface area contributed by atoms with Gasteiger partial charge < -0.3 is 11.1 Å². The largest absolute Gasteiger partial charge is 0.446 e. The summed E-state index contributed by atoms with van der Waals surface area (Å²) in [5, 5.41) is 14.3. The van der Waals surface area contributed by atoms with Gasteiger partial charge in [0.25, 0.3) is 10.0 Å². The van der Waals surface area contributed by atoms with Gasteiger partial charge in [-0.3, -0.25) is 9.52 Å². The van der Waals surface area contributed by atoms with Crippen molar-refractivity contribution in [3.63, 3.8) is 0 Å². The van der Waals surface area contributed by atoms with Crippen LogP contribution in [-0.4, -0.2) is 47.5 Å². The fourth-order valence-corrected chi connectivity index (χ4v) is 4.45. The van der Waals surface area contributed by atoms with Crippen LogP contribution in [0.1, 0.15) is 12.0 Å². The molecule has 194 valence electrons. The van der Waals surface area contributed by atoms with Crippen molar-refractivity contribution >= 4 is 37.7 Å². The highest BCUT2D eigenvalue weighted by molar-refractivity contribution is 9.10. The van der Waals surface area contributed by atoms with Gasteiger partial charge in [-0.15, -0.1) is 0 Å². The van der Waals surface area contributed by atoms with Crippen molar-refractivity contribution in [2.24, 2.45) is 10.7 Å².